The van der Waals surface area contributed by atoms with Gasteiger partial charge in [-0.3, -0.25) is 4.79 Å². The fourth-order valence-electron chi connectivity index (χ4n) is 1.17. The summed E-state index contributed by atoms with van der Waals surface area (Å²) in [6, 6.07) is -0.559. The van der Waals surface area contributed by atoms with Crippen LogP contribution in [0.25, 0.3) is 0 Å². The molecule has 1 aliphatic rings. The van der Waals surface area contributed by atoms with Crippen molar-refractivity contribution in [1.82, 2.24) is 10.6 Å². The third-order valence-electron chi connectivity index (χ3n) is 1.97. The smallest absolute Gasteiger partial charge is 0.313 e. The van der Waals surface area contributed by atoms with E-state index in [2.05, 4.69) is 10.6 Å². The Morgan fingerprint density at radius 2 is 1.92 bits per heavy atom. The first-order chi connectivity index (χ1) is 5.96. The minimum absolute atomic E-state index is 0.0830. The van der Waals surface area contributed by atoms with Gasteiger partial charge in [0.05, 0.1) is 0 Å². The SMILES string of the molecule is CC(C)NC(=O)C1(NC(N)=O)CC1. The highest BCUT2D eigenvalue weighted by Crippen LogP contribution is 2.35. The van der Waals surface area contributed by atoms with E-state index in [0.717, 1.165) is 0 Å². The predicted molar refractivity (Wildman–Crippen MR) is 48.0 cm³/mol. The van der Waals surface area contributed by atoms with Crippen LogP contribution in [-0.4, -0.2) is 23.5 Å². The third kappa shape index (κ3) is 2.34. The van der Waals surface area contributed by atoms with Crippen molar-refractivity contribution in [3.05, 3.63) is 0 Å². The molecule has 0 aliphatic heterocycles. The molecule has 0 unspecified atom stereocenters. The number of carbonyl (C=O) groups is 2. The van der Waals surface area contributed by atoms with Crippen molar-refractivity contribution in [2.24, 2.45) is 5.73 Å². The molecule has 0 radical (unpaired) electrons. The van der Waals surface area contributed by atoms with Gasteiger partial charge in [0.25, 0.3) is 0 Å². The molecular weight excluding hydrogens is 170 g/mol. The molecule has 5 heteroatoms. The van der Waals surface area contributed by atoms with Gasteiger partial charge in [0, 0.05) is 6.04 Å². The lowest BCUT2D eigenvalue weighted by atomic mass is 10.2. The molecule has 0 spiro atoms. The first-order valence-corrected chi connectivity index (χ1v) is 4.35. The molecular formula is C8H15N3O2. The van der Waals surface area contributed by atoms with Crippen LogP contribution in [0.5, 0.6) is 0 Å². The molecule has 0 saturated heterocycles. The van der Waals surface area contributed by atoms with E-state index < -0.39 is 11.6 Å². The molecule has 5 nitrogen and oxygen atoms in total. The lowest BCUT2D eigenvalue weighted by Crippen LogP contribution is -2.52. The monoisotopic (exact) mass is 185 g/mol. The van der Waals surface area contributed by atoms with E-state index in [-0.39, 0.29) is 11.9 Å². The first kappa shape index (κ1) is 9.83. The van der Waals surface area contributed by atoms with E-state index in [4.69, 9.17) is 5.73 Å². The number of carbonyl (C=O) groups excluding carboxylic acids is 2. The van der Waals surface area contributed by atoms with Gasteiger partial charge in [-0.2, -0.15) is 0 Å². The summed E-state index contributed by atoms with van der Waals surface area (Å²) in [5, 5.41) is 5.20. The minimum atomic E-state index is -0.712. The summed E-state index contributed by atoms with van der Waals surface area (Å²) in [6.45, 7) is 3.75. The summed E-state index contributed by atoms with van der Waals surface area (Å²) in [6.07, 6.45) is 1.35. The second-order valence-electron chi connectivity index (χ2n) is 3.70. The van der Waals surface area contributed by atoms with E-state index in [1.54, 1.807) is 0 Å². The maximum absolute atomic E-state index is 11.5. The van der Waals surface area contributed by atoms with Crippen LogP contribution in [0.15, 0.2) is 0 Å². The molecule has 1 saturated carbocycles. The van der Waals surface area contributed by atoms with E-state index in [9.17, 15) is 9.59 Å². The van der Waals surface area contributed by atoms with Crippen molar-refractivity contribution in [3.63, 3.8) is 0 Å². The number of hydrogen-bond donors (Lipinski definition) is 3. The second-order valence-corrected chi connectivity index (χ2v) is 3.70. The molecule has 0 aromatic rings. The van der Waals surface area contributed by atoms with Crippen LogP contribution in [0.1, 0.15) is 26.7 Å². The van der Waals surface area contributed by atoms with Crippen LogP contribution in [0.4, 0.5) is 4.79 Å². The van der Waals surface area contributed by atoms with E-state index in [1.165, 1.54) is 0 Å². The maximum atomic E-state index is 11.5. The van der Waals surface area contributed by atoms with Gasteiger partial charge in [-0.25, -0.2) is 4.79 Å². The summed E-state index contributed by atoms with van der Waals surface area (Å²) >= 11 is 0. The van der Waals surface area contributed by atoms with Gasteiger partial charge >= 0.3 is 6.03 Å². The van der Waals surface area contributed by atoms with E-state index in [1.807, 2.05) is 13.8 Å². The summed E-state index contributed by atoms with van der Waals surface area (Å²) in [5.74, 6) is -0.138. The van der Waals surface area contributed by atoms with Crippen LogP contribution in [-0.2, 0) is 4.79 Å². The van der Waals surface area contributed by atoms with Crippen molar-refractivity contribution in [2.75, 3.05) is 0 Å². The second kappa shape index (κ2) is 3.24. The van der Waals surface area contributed by atoms with Crippen molar-refractivity contribution < 1.29 is 9.59 Å². The molecule has 0 atom stereocenters. The molecule has 1 aliphatic carbocycles. The van der Waals surface area contributed by atoms with Gasteiger partial charge in [-0.05, 0) is 26.7 Å². The van der Waals surface area contributed by atoms with Crippen molar-refractivity contribution in [2.45, 2.75) is 38.3 Å². The highest BCUT2D eigenvalue weighted by atomic mass is 16.2. The van der Waals surface area contributed by atoms with Crippen LogP contribution in [0.2, 0.25) is 0 Å². The third-order valence-corrected chi connectivity index (χ3v) is 1.97. The van der Waals surface area contributed by atoms with Crippen LogP contribution >= 0.6 is 0 Å². The largest absolute Gasteiger partial charge is 0.352 e. The van der Waals surface area contributed by atoms with Crippen LogP contribution < -0.4 is 16.4 Å². The van der Waals surface area contributed by atoms with Crippen molar-refractivity contribution >= 4 is 11.9 Å². The van der Waals surface area contributed by atoms with Gasteiger partial charge in [0.1, 0.15) is 5.54 Å². The Hall–Kier alpha value is -1.26. The number of urea groups is 1. The summed E-state index contributed by atoms with van der Waals surface area (Å²) in [4.78, 5) is 22.1. The Bertz CT molecular complexity index is 234. The van der Waals surface area contributed by atoms with Crippen molar-refractivity contribution in [1.29, 1.82) is 0 Å². The molecule has 0 aromatic heterocycles. The fourth-order valence-corrected chi connectivity index (χ4v) is 1.17. The summed E-state index contributed by atoms with van der Waals surface area (Å²) in [5.41, 5.74) is 4.24. The average Bonchev–Trinajstić information content (AvgIpc) is 2.66. The first-order valence-electron chi connectivity index (χ1n) is 4.35. The van der Waals surface area contributed by atoms with Gasteiger partial charge in [0.15, 0.2) is 0 Å². The highest BCUT2D eigenvalue weighted by molar-refractivity contribution is 5.93. The highest BCUT2D eigenvalue weighted by Gasteiger charge is 2.50. The molecule has 1 fully saturated rings. The Balaban J connectivity index is 2.50. The minimum Gasteiger partial charge on any atom is -0.352 e. The van der Waals surface area contributed by atoms with Crippen LogP contribution in [0.3, 0.4) is 0 Å². The Labute approximate surface area is 77.1 Å². The zero-order valence-electron chi connectivity index (χ0n) is 7.89. The predicted octanol–water partition coefficient (Wildman–Crippen LogP) is -0.288. The molecule has 13 heavy (non-hydrogen) atoms. The quantitative estimate of drug-likeness (QED) is 0.564. The molecule has 74 valence electrons. The number of hydrogen-bond acceptors (Lipinski definition) is 2. The zero-order chi connectivity index (χ0) is 10.1. The lowest BCUT2D eigenvalue weighted by molar-refractivity contribution is -0.124. The number of nitrogens with one attached hydrogen (secondary N) is 2. The Morgan fingerprint density at radius 1 is 1.38 bits per heavy atom. The number of rotatable bonds is 3. The Morgan fingerprint density at radius 3 is 2.23 bits per heavy atom. The van der Waals surface area contributed by atoms with Gasteiger partial charge in [-0.1, -0.05) is 0 Å². The molecule has 0 bridgehead atoms. The standard InChI is InChI=1S/C8H15N3O2/c1-5(2)10-6(12)8(3-4-8)11-7(9)13/h5H,3-4H2,1-2H3,(H,10,12)(H3,9,11,13). The molecule has 4 N–H and O–H groups in total. The maximum Gasteiger partial charge on any atom is 0.313 e. The summed E-state index contributed by atoms with van der Waals surface area (Å²) in [7, 11) is 0. The van der Waals surface area contributed by atoms with Gasteiger partial charge < -0.3 is 16.4 Å². The van der Waals surface area contributed by atoms with Crippen molar-refractivity contribution in [3.8, 4) is 0 Å². The number of amides is 3. The van der Waals surface area contributed by atoms with E-state index >= 15 is 0 Å². The molecule has 3 amide bonds. The average molecular weight is 185 g/mol. The Kier molecular flexibility index (Phi) is 2.45. The fraction of sp³-hybridized carbons (Fsp3) is 0.750. The summed E-state index contributed by atoms with van der Waals surface area (Å²) < 4.78 is 0. The normalized spacial score (nSPS) is 18.1. The van der Waals surface area contributed by atoms with Gasteiger partial charge in [0.2, 0.25) is 5.91 Å². The lowest BCUT2D eigenvalue weighted by Gasteiger charge is -2.17. The molecule has 0 aromatic carbocycles. The number of primary amides is 1. The molecule has 0 heterocycles. The van der Waals surface area contributed by atoms with E-state index in [0.29, 0.717) is 12.8 Å². The van der Waals surface area contributed by atoms with Crippen LogP contribution in [0, 0.1) is 0 Å². The zero-order valence-corrected chi connectivity index (χ0v) is 7.89. The molecule has 1 rings (SSSR count). The number of nitrogens with two attached hydrogens (primary N) is 1. The topological polar surface area (TPSA) is 84.2 Å². The van der Waals surface area contributed by atoms with Gasteiger partial charge in [-0.15, -0.1) is 0 Å².